The number of aliphatic hydroxyl groups is 4. The Hall–Kier alpha value is -0.160. The summed E-state index contributed by atoms with van der Waals surface area (Å²) in [5.41, 5.74) is -0.0826. The molecule has 0 unspecified atom stereocenters. The molecule has 4 N–H and O–H groups in total. The molecular weight excluding hydrogens is 292 g/mol. The van der Waals surface area contributed by atoms with Crippen LogP contribution in [-0.4, -0.2) is 32.0 Å². The number of rotatable bonds is 0. The smallest absolute Gasteiger partial charge is 0.222 e. The highest BCUT2D eigenvalue weighted by atomic mass is 16.6. The zero-order valence-electron chi connectivity index (χ0n) is 14.5. The van der Waals surface area contributed by atoms with E-state index in [0.29, 0.717) is 11.3 Å². The molecule has 0 aliphatic heterocycles. The van der Waals surface area contributed by atoms with Gasteiger partial charge in [-0.1, -0.05) is 26.7 Å². The van der Waals surface area contributed by atoms with Crippen LogP contribution in [0.15, 0.2) is 0 Å². The van der Waals surface area contributed by atoms with Gasteiger partial charge in [0.25, 0.3) is 0 Å². The molecule has 4 aliphatic rings. The van der Waals surface area contributed by atoms with Crippen LogP contribution in [0.4, 0.5) is 0 Å². The maximum absolute atomic E-state index is 10.7. The Kier molecular flexibility index (Phi) is 3.35. The van der Waals surface area contributed by atoms with E-state index in [1.165, 1.54) is 25.7 Å². The topological polar surface area (TPSA) is 80.9 Å². The van der Waals surface area contributed by atoms with Crippen LogP contribution in [0.2, 0.25) is 0 Å². The highest BCUT2D eigenvalue weighted by Crippen LogP contribution is 2.68. The van der Waals surface area contributed by atoms with Crippen molar-refractivity contribution in [3.8, 4) is 0 Å². The van der Waals surface area contributed by atoms with Crippen molar-refractivity contribution in [2.45, 2.75) is 83.2 Å². The van der Waals surface area contributed by atoms with Gasteiger partial charge in [-0.15, -0.1) is 0 Å². The lowest BCUT2D eigenvalue weighted by atomic mass is 9.45. The molecule has 6 atom stereocenters. The third kappa shape index (κ3) is 1.98. The average Bonchev–Trinajstić information content (AvgIpc) is 2.59. The highest BCUT2D eigenvalue weighted by molar-refractivity contribution is 5.15. The van der Waals surface area contributed by atoms with Crippen molar-refractivity contribution in [2.24, 2.45) is 34.5 Å². The molecule has 0 aromatic rings. The quantitative estimate of drug-likeness (QED) is 0.516. The van der Waals surface area contributed by atoms with Crippen LogP contribution in [0.25, 0.3) is 0 Å². The van der Waals surface area contributed by atoms with E-state index < -0.39 is 17.5 Å². The molecule has 0 bridgehead atoms. The minimum absolute atomic E-state index is 0.0705. The van der Waals surface area contributed by atoms with E-state index in [1.54, 1.807) is 0 Å². The van der Waals surface area contributed by atoms with Gasteiger partial charge in [-0.05, 0) is 67.1 Å². The Morgan fingerprint density at radius 1 is 0.826 bits per heavy atom. The highest BCUT2D eigenvalue weighted by Gasteiger charge is 2.72. The predicted octanol–water partition coefficient (Wildman–Crippen LogP) is 2.39. The Morgan fingerprint density at radius 3 is 2.30 bits per heavy atom. The molecule has 4 heteroatoms. The fourth-order valence-corrected chi connectivity index (χ4v) is 7.50. The summed E-state index contributed by atoms with van der Waals surface area (Å²) in [6.07, 6.45) is 9.37. The maximum Gasteiger partial charge on any atom is 0.222 e. The number of hydrogen-bond donors (Lipinski definition) is 4. The summed E-state index contributed by atoms with van der Waals surface area (Å²) >= 11 is 0. The van der Waals surface area contributed by atoms with Crippen molar-refractivity contribution in [1.29, 1.82) is 0 Å². The lowest BCUT2D eigenvalue weighted by Crippen LogP contribution is -2.60. The SMILES string of the molecule is C[C@]12CC[C@H]3[C@@H](CC[C@H]4CCCC[C@@]43C)[C@@H]1C(O)(O)C(O)(O)C2. The molecule has 0 heterocycles. The molecular formula is C19H32O4. The molecule has 4 fully saturated rings. The van der Waals surface area contributed by atoms with Gasteiger partial charge in [-0.2, -0.15) is 0 Å². The van der Waals surface area contributed by atoms with Gasteiger partial charge in [0.1, 0.15) is 0 Å². The van der Waals surface area contributed by atoms with Gasteiger partial charge in [-0.25, -0.2) is 0 Å². The Balaban J connectivity index is 1.73. The van der Waals surface area contributed by atoms with Crippen LogP contribution < -0.4 is 0 Å². The molecule has 23 heavy (non-hydrogen) atoms. The zero-order valence-corrected chi connectivity index (χ0v) is 14.5. The second kappa shape index (κ2) is 4.72. The summed E-state index contributed by atoms with van der Waals surface area (Å²) in [7, 11) is 0. The van der Waals surface area contributed by atoms with Gasteiger partial charge in [0.2, 0.25) is 11.6 Å². The summed E-state index contributed by atoms with van der Waals surface area (Å²) in [6, 6.07) is 0. The van der Waals surface area contributed by atoms with Gasteiger partial charge in [-0.3, -0.25) is 0 Å². The normalized spacial score (nSPS) is 54.0. The first-order chi connectivity index (χ1) is 10.6. The van der Waals surface area contributed by atoms with Crippen molar-refractivity contribution >= 4 is 0 Å². The van der Waals surface area contributed by atoms with Gasteiger partial charge in [0, 0.05) is 12.3 Å². The fraction of sp³-hybridized carbons (Fsp3) is 1.00. The molecule has 4 aliphatic carbocycles. The number of hydrogen-bond acceptors (Lipinski definition) is 4. The molecule has 0 amide bonds. The van der Waals surface area contributed by atoms with Gasteiger partial charge >= 0.3 is 0 Å². The Bertz CT molecular complexity index is 502. The van der Waals surface area contributed by atoms with Crippen molar-refractivity contribution in [2.75, 3.05) is 0 Å². The van der Waals surface area contributed by atoms with Crippen LogP contribution in [-0.2, 0) is 0 Å². The third-order valence-electron chi connectivity index (χ3n) is 8.54. The fourth-order valence-electron chi connectivity index (χ4n) is 7.50. The predicted molar refractivity (Wildman–Crippen MR) is 86.1 cm³/mol. The van der Waals surface area contributed by atoms with Gasteiger partial charge in [0.15, 0.2) is 0 Å². The van der Waals surface area contributed by atoms with E-state index in [2.05, 4.69) is 6.92 Å². The average molecular weight is 324 g/mol. The minimum atomic E-state index is -2.39. The molecule has 0 aromatic carbocycles. The van der Waals surface area contributed by atoms with E-state index in [-0.39, 0.29) is 17.8 Å². The van der Waals surface area contributed by atoms with E-state index in [4.69, 9.17) is 0 Å². The summed E-state index contributed by atoms with van der Waals surface area (Å²) in [6.45, 7) is 4.45. The number of fused-ring (bicyclic) bond motifs is 5. The zero-order chi connectivity index (χ0) is 16.7. The van der Waals surface area contributed by atoms with Crippen LogP contribution in [0, 0.1) is 34.5 Å². The standard InChI is InChI=1S/C19H32O4/c1-16-10-8-14-13(15(16)19(22,23)18(20,21)11-16)7-6-12-5-3-4-9-17(12,14)2/h12-15,20-23H,3-11H2,1-2H3/t12-,13-,14+,15+,16-,17+/m1/s1. The lowest BCUT2D eigenvalue weighted by Gasteiger charge is -2.60. The van der Waals surface area contributed by atoms with Gasteiger partial charge < -0.3 is 20.4 Å². The second-order valence-corrected chi connectivity index (χ2v) is 9.69. The van der Waals surface area contributed by atoms with E-state index in [1.807, 2.05) is 6.92 Å². The first kappa shape index (κ1) is 16.3. The summed E-state index contributed by atoms with van der Waals surface area (Å²) < 4.78 is 0. The molecule has 0 radical (unpaired) electrons. The first-order valence-corrected chi connectivity index (χ1v) is 9.51. The minimum Gasteiger partial charge on any atom is -0.361 e. The third-order valence-corrected chi connectivity index (χ3v) is 8.54. The molecule has 0 saturated heterocycles. The summed E-state index contributed by atoms with van der Waals surface area (Å²) in [5, 5.41) is 41.8. The summed E-state index contributed by atoms with van der Waals surface area (Å²) in [4.78, 5) is 0. The monoisotopic (exact) mass is 324 g/mol. The van der Waals surface area contributed by atoms with Gasteiger partial charge in [0.05, 0.1) is 0 Å². The molecule has 4 nitrogen and oxygen atoms in total. The lowest BCUT2D eigenvalue weighted by molar-refractivity contribution is -0.362. The van der Waals surface area contributed by atoms with Crippen LogP contribution >= 0.6 is 0 Å². The molecule has 4 saturated carbocycles. The van der Waals surface area contributed by atoms with Crippen molar-refractivity contribution in [3.05, 3.63) is 0 Å². The second-order valence-electron chi connectivity index (χ2n) is 9.69. The van der Waals surface area contributed by atoms with Crippen molar-refractivity contribution in [3.63, 3.8) is 0 Å². The Morgan fingerprint density at radius 2 is 1.57 bits per heavy atom. The van der Waals surface area contributed by atoms with Crippen LogP contribution in [0.1, 0.15) is 71.6 Å². The van der Waals surface area contributed by atoms with E-state index in [0.717, 1.165) is 31.6 Å². The van der Waals surface area contributed by atoms with Crippen LogP contribution in [0.3, 0.4) is 0 Å². The van der Waals surface area contributed by atoms with E-state index in [9.17, 15) is 20.4 Å². The molecule has 0 aromatic heterocycles. The maximum atomic E-state index is 10.7. The molecule has 4 rings (SSSR count). The largest absolute Gasteiger partial charge is 0.361 e. The van der Waals surface area contributed by atoms with Crippen molar-refractivity contribution < 1.29 is 20.4 Å². The Labute approximate surface area is 138 Å². The molecule has 132 valence electrons. The molecule has 0 spiro atoms. The van der Waals surface area contributed by atoms with E-state index >= 15 is 0 Å². The van der Waals surface area contributed by atoms with Crippen LogP contribution in [0.5, 0.6) is 0 Å². The first-order valence-electron chi connectivity index (χ1n) is 9.51. The van der Waals surface area contributed by atoms with Crippen molar-refractivity contribution in [1.82, 2.24) is 0 Å². The summed E-state index contributed by atoms with van der Waals surface area (Å²) in [5.74, 6) is -3.74.